The molecule has 0 spiro atoms. The average molecular weight is 253 g/mol. The summed E-state index contributed by atoms with van der Waals surface area (Å²) in [6.07, 6.45) is 5.33. The lowest BCUT2D eigenvalue weighted by atomic mass is 9.80. The molecular weight excluding hydrogens is 230 g/mol. The molecule has 3 N–H and O–H groups in total. The van der Waals surface area contributed by atoms with E-state index >= 15 is 0 Å². The third-order valence-electron chi connectivity index (χ3n) is 4.05. The molecule has 0 saturated heterocycles. The van der Waals surface area contributed by atoms with Gasteiger partial charge in [0.05, 0.1) is 6.10 Å². The molecule has 1 aliphatic rings. The quantitative estimate of drug-likeness (QED) is 0.858. The number of hydrogen-bond donors (Lipinski definition) is 2. The van der Waals surface area contributed by atoms with Gasteiger partial charge in [0.1, 0.15) is 6.04 Å². The fourth-order valence-corrected chi connectivity index (χ4v) is 2.58. The Labute approximate surface area is 108 Å². The minimum Gasteiger partial charge on any atom is -0.391 e. The van der Waals surface area contributed by atoms with Crippen molar-refractivity contribution in [2.75, 3.05) is 0 Å². The van der Waals surface area contributed by atoms with Gasteiger partial charge in [-0.15, -0.1) is 0 Å². The predicted octanol–water partition coefficient (Wildman–Crippen LogP) is 2.13. The first kappa shape index (κ1) is 13.5. The maximum atomic E-state index is 9.41. The molecule has 2 unspecified atom stereocenters. The third kappa shape index (κ3) is 2.90. The zero-order valence-corrected chi connectivity index (χ0v) is 11.2. The Morgan fingerprint density at radius 3 is 2.61 bits per heavy atom. The van der Waals surface area contributed by atoms with E-state index in [9.17, 15) is 5.11 Å². The number of rotatable bonds is 4. The van der Waals surface area contributed by atoms with Crippen LogP contribution in [0.2, 0.25) is 0 Å². The molecule has 2 rings (SSSR count). The molecule has 5 heteroatoms. The Balaban J connectivity index is 1.98. The SMILES string of the molecule is CCC1CCC(c2noc(C(N)C(C)O)n2)CC1. The number of aliphatic hydroxyl groups excluding tert-OH is 1. The summed E-state index contributed by atoms with van der Waals surface area (Å²) in [6, 6.07) is -0.585. The van der Waals surface area contributed by atoms with E-state index in [0.717, 1.165) is 24.6 Å². The van der Waals surface area contributed by atoms with Crippen LogP contribution in [0.1, 0.15) is 69.6 Å². The van der Waals surface area contributed by atoms with Crippen molar-refractivity contribution in [3.05, 3.63) is 11.7 Å². The highest BCUT2D eigenvalue weighted by molar-refractivity contribution is 5.00. The molecule has 0 aromatic carbocycles. The number of aliphatic hydroxyl groups is 1. The molecule has 1 fully saturated rings. The van der Waals surface area contributed by atoms with Gasteiger partial charge in [-0.3, -0.25) is 0 Å². The summed E-state index contributed by atoms with van der Waals surface area (Å²) in [4.78, 5) is 4.34. The Morgan fingerprint density at radius 2 is 2.06 bits per heavy atom. The minimum atomic E-state index is -0.672. The van der Waals surface area contributed by atoms with Crippen LogP contribution in [0.4, 0.5) is 0 Å². The van der Waals surface area contributed by atoms with Gasteiger partial charge < -0.3 is 15.4 Å². The van der Waals surface area contributed by atoms with Gasteiger partial charge in [0.15, 0.2) is 5.82 Å². The highest BCUT2D eigenvalue weighted by Crippen LogP contribution is 2.35. The molecule has 2 atom stereocenters. The average Bonchev–Trinajstić information content (AvgIpc) is 2.87. The summed E-state index contributed by atoms with van der Waals surface area (Å²) in [7, 11) is 0. The highest BCUT2D eigenvalue weighted by Gasteiger charge is 2.27. The van der Waals surface area contributed by atoms with Crippen LogP contribution in [-0.4, -0.2) is 21.4 Å². The van der Waals surface area contributed by atoms with Crippen LogP contribution >= 0.6 is 0 Å². The lowest BCUT2D eigenvalue weighted by Gasteiger charge is -2.25. The molecule has 1 saturated carbocycles. The fraction of sp³-hybridized carbons (Fsp3) is 0.846. The van der Waals surface area contributed by atoms with Gasteiger partial charge in [0, 0.05) is 5.92 Å². The van der Waals surface area contributed by atoms with Crippen molar-refractivity contribution in [2.45, 2.75) is 64.0 Å². The second-order valence-corrected chi connectivity index (χ2v) is 5.38. The molecule has 102 valence electrons. The van der Waals surface area contributed by atoms with E-state index in [0.29, 0.717) is 11.8 Å². The van der Waals surface area contributed by atoms with Gasteiger partial charge in [-0.1, -0.05) is 18.5 Å². The molecule has 0 amide bonds. The van der Waals surface area contributed by atoms with E-state index in [2.05, 4.69) is 17.1 Å². The van der Waals surface area contributed by atoms with Crippen LogP contribution in [0.15, 0.2) is 4.52 Å². The Kier molecular flexibility index (Phi) is 4.35. The molecule has 1 aromatic heterocycles. The van der Waals surface area contributed by atoms with Gasteiger partial charge in [-0.2, -0.15) is 4.98 Å². The molecule has 1 aliphatic carbocycles. The molecule has 1 aromatic rings. The fourth-order valence-electron chi connectivity index (χ4n) is 2.58. The second-order valence-electron chi connectivity index (χ2n) is 5.38. The summed E-state index contributed by atoms with van der Waals surface area (Å²) in [5.41, 5.74) is 5.78. The van der Waals surface area contributed by atoms with E-state index in [-0.39, 0.29) is 0 Å². The smallest absolute Gasteiger partial charge is 0.246 e. The molecule has 0 radical (unpaired) electrons. The van der Waals surface area contributed by atoms with Crippen molar-refractivity contribution in [3.8, 4) is 0 Å². The first-order valence-electron chi connectivity index (χ1n) is 6.89. The van der Waals surface area contributed by atoms with Crippen LogP contribution in [0.3, 0.4) is 0 Å². The Bertz CT molecular complexity index is 370. The summed E-state index contributed by atoms with van der Waals surface area (Å²) >= 11 is 0. The normalized spacial score (nSPS) is 28.0. The highest BCUT2D eigenvalue weighted by atomic mass is 16.5. The Hall–Kier alpha value is -0.940. The second kappa shape index (κ2) is 5.80. The maximum Gasteiger partial charge on any atom is 0.246 e. The van der Waals surface area contributed by atoms with Crippen LogP contribution in [0, 0.1) is 5.92 Å². The van der Waals surface area contributed by atoms with Gasteiger partial charge in [-0.05, 0) is 38.5 Å². The van der Waals surface area contributed by atoms with Crippen LogP contribution in [0.25, 0.3) is 0 Å². The standard InChI is InChI=1S/C13H23N3O2/c1-3-9-4-6-10(7-5-9)12-15-13(18-16-12)11(14)8(2)17/h8-11,17H,3-7,14H2,1-2H3. The summed E-state index contributed by atoms with van der Waals surface area (Å²) < 4.78 is 5.15. The summed E-state index contributed by atoms with van der Waals surface area (Å²) in [5, 5.41) is 13.4. The van der Waals surface area contributed by atoms with Crippen molar-refractivity contribution in [3.63, 3.8) is 0 Å². The maximum absolute atomic E-state index is 9.41. The first-order chi connectivity index (χ1) is 8.61. The predicted molar refractivity (Wildman–Crippen MR) is 67.9 cm³/mol. The monoisotopic (exact) mass is 253 g/mol. The molecule has 0 aliphatic heterocycles. The lowest BCUT2D eigenvalue weighted by Crippen LogP contribution is -2.23. The van der Waals surface area contributed by atoms with Crippen molar-refractivity contribution in [1.82, 2.24) is 10.1 Å². The number of aromatic nitrogens is 2. The van der Waals surface area contributed by atoms with E-state index < -0.39 is 12.1 Å². The van der Waals surface area contributed by atoms with E-state index in [4.69, 9.17) is 10.3 Å². The summed E-state index contributed by atoms with van der Waals surface area (Å²) in [6.45, 7) is 3.88. The topological polar surface area (TPSA) is 85.2 Å². The molecular formula is C13H23N3O2. The van der Waals surface area contributed by atoms with Crippen molar-refractivity contribution >= 4 is 0 Å². The number of nitrogens with two attached hydrogens (primary N) is 1. The third-order valence-corrected chi connectivity index (χ3v) is 4.05. The van der Waals surface area contributed by atoms with Crippen LogP contribution in [-0.2, 0) is 0 Å². The van der Waals surface area contributed by atoms with E-state index in [1.807, 2.05) is 0 Å². The van der Waals surface area contributed by atoms with Gasteiger partial charge in [0.25, 0.3) is 0 Å². The number of hydrogen-bond acceptors (Lipinski definition) is 5. The van der Waals surface area contributed by atoms with Crippen molar-refractivity contribution < 1.29 is 9.63 Å². The van der Waals surface area contributed by atoms with Gasteiger partial charge >= 0.3 is 0 Å². The van der Waals surface area contributed by atoms with Gasteiger partial charge in [-0.25, -0.2) is 0 Å². The van der Waals surface area contributed by atoms with Crippen LogP contribution < -0.4 is 5.73 Å². The Morgan fingerprint density at radius 1 is 1.39 bits per heavy atom. The van der Waals surface area contributed by atoms with E-state index in [1.165, 1.54) is 19.3 Å². The molecule has 18 heavy (non-hydrogen) atoms. The first-order valence-corrected chi connectivity index (χ1v) is 6.89. The molecule has 5 nitrogen and oxygen atoms in total. The minimum absolute atomic E-state index is 0.345. The number of nitrogens with zero attached hydrogens (tertiary/aromatic N) is 2. The largest absolute Gasteiger partial charge is 0.391 e. The lowest BCUT2D eigenvalue weighted by molar-refractivity contribution is 0.146. The summed E-state index contributed by atoms with van der Waals surface area (Å²) in [5.74, 6) is 2.35. The zero-order valence-electron chi connectivity index (χ0n) is 11.2. The molecule has 1 heterocycles. The zero-order chi connectivity index (χ0) is 13.1. The van der Waals surface area contributed by atoms with Crippen LogP contribution in [0.5, 0.6) is 0 Å². The van der Waals surface area contributed by atoms with Crippen molar-refractivity contribution in [2.24, 2.45) is 11.7 Å². The molecule has 0 bridgehead atoms. The van der Waals surface area contributed by atoms with Gasteiger partial charge in [0.2, 0.25) is 5.89 Å². The van der Waals surface area contributed by atoms with Crippen molar-refractivity contribution in [1.29, 1.82) is 0 Å². The van der Waals surface area contributed by atoms with E-state index in [1.54, 1.807) is 6.92 Å².